The Labute approximate surface area is 154 Å². The molecule has 25 heavy (non-hydrogen) atoms. The van der Waals surface area contributed by atoms with Crippen molar-refractivity contribution in [1.82, 2.24) is 15.2 Å². The molecule has 1 aromatic heterocycles. The summed E-state index contributed by atoms with van der Waals surface area (Å²) in [7, 11) is 0. The first-order valence-electron chi connectivity index (χ1n) is 8.84. The molecule has 0 aliphatic carbocycles. The average molecular weight is 356 g/mol. The molecule has 3 rings (SSSR count). The van der Waals surface area contributed by atoms with E-state index in [9.17, 15) is 4.79 Å². The summed E-state index contributed by atoms with van der Waals surface area (Å²) in [5, 5.41) is 3.42. The number of hydrogen-bond donors (Lipinski definition) is 1. The lowest BCUT2D eigenvalue weighted by atomic mass is 10.0. The minimum Gasteiger partial charge on any atom is -0.332 e. The van der Waals surface area contributed by atoms with E-state index in [1.54, 1.807) is 18.0 Å². The SMILES string of the molecule is CCc1ccc(C2CNCCN2C(=O)CSCc2ccccn2)cc1. The van der Waals surface area contributed by atoms with E-state index >= 15 is 0 Å². The Kier molecular flexibility index (Phi) is 6.48. The van der Waals surface area contributed by atoms with Crippen LogP contribution in [0.25, 0.3) is 0 Å². The van der Waals surface area contributed by atoms with Crippen LogP contribution in [0, 0.1) is 0 Å². The van der Waals surface area contributed by atoms with Crippen LogP contribution in [-0.4, -0.2) is 41.2 Å². The van der Waals surface area contributed by atoms with Crippen LogP contribution in [0.1, 0.15) is 29.8 Å². The molecule has 0 bridgehead atoms. The Morgan fingerprint density at radius 3 is 2.84 bits per heavy atom. The number of benzene rings is 1. The summed E-state index contributed by atoms with van der Waals surface area (Å²) in [5.74, 6) is 1.49. The number of aryl methyl sites for hydroxylation is 1. The molecule has 1 fully saturated rings. The first-order valence-corrected chi connectivity index (χ1v) is 10.00. The molecular formula is C20H25N3OS. The molecule has 132 valence electrons. The number of aromatic nitrogens is 1. The standard InChI is InChI=1S/C20H25N3OS/c1-2-16-6-8-17(9-7-16)19-13-21-11-12-23(19)20(24)15-25-14-18-5-3-4-10-22-18/h3-10,19,21H,2,11-15H2,1H3. The average Bonchev–Trinajstić information content (AvgIpc) is 2.69. The van der Waals surface area contributed by atoms with E-state index in [1.807, 2.05) is 23.1 Å². The maximum atomic E-state index is 12.8. The van der Waals surface area contributed by atoms with E-state index in [0.717, 1.165) is 37.5 Å². The fraction of sp³-hybridized carbons (Fsp3) is 0.400. The fourth-order valence-electron chi connectivity index (χ4n) is 3.09. The third-order valence-corrected chi connectivity index (χ3v) is 5.49. The van der Waals surface area contributed by atoms with Crippen molar-refractivity contribution in [3.63, 3.8) is 0 Å². The Morgan fingerprint density at radius 2 is 2.12 bits per heavy atom. The highest BCUT2D eigenvalue weighted by atomic mass is 32.2. The second-order valence-electron chi connectivity index (χ2n) is 6.22. The van der Waals surface area contributed by atoms with Gasteiger partial charge in [-0.15, -0.1) is 11.8 Å². The van der Waals surface area contributed by atoms with Crippen molar-refractivity contribution >= 4 is 17.7 Å². The lowest BCUT2D eigenvalue weighted by molar-refractivity contribution is -0.131. The first kappa shape index (κ1) is 18.0. The zero-order chi connectivity index (χ0) is 17.5. The van der Waals surface area contributed by atoms with E-state index in [0.29, 0.717) is 5.75 Å². The Balaban J connectivity index is 1.60. The summed E-state index contributed by atoms with van der Waals surface area (Å²) < 4.78 is 0. The van der Waals surface area contributed by atoms with E-state index in [2.05, 4.69) is 41.5 Å². The normalized spacial score (nSPS) is 17.5. The van der Waals surface area contributed by atoms with E-state index in [-0.39, 0.29) is 11.9 Å². The van der Waals surface area contributed by atoms with Gasteiger partial charge in [-0.1, -0.05) is 37.3 Å². The van der Waals surface area contributed by atoms with Gasteiger partial charge in [0.2, 0.25) is 5.91 Å². The molecule has 1 saturated heterocycles. The van der Waals surface area contributed by atoms with Crippen LogP contribution in [0.2, 0.25) is 0 Å². The van der Waals surface area contributed by atoms with Gasteiger partial charge >= 0.3 is 0 Å². The molecule has 1 amide bonds. The van der Waals surface area contributed by atoms with Gasteiger partial charge in [0.15, 0.2) is 0 Å². The molecule has 1 atom stereocenters. The highest BCUT2D eigenvalue weighted by Gasteiger charge is 2.27. The van der Waals surface area contributed by atoms with Crippen molar-refractivity contribution in [2.24, 2.45) is 0 Å². The van der Waals surface area contributed by atoms with Crippen LogP contribution in [-0.2, 0) is 17.0 Å². The summed E-state index contributed by atoms with van der Waals surface area (Å²) in [6.45, 7) is 4.61. The third-order valence-electron chi connectivity index (χ3n) is 4.54. The summed E-state index contributed by atoms with van der Waals surface area (Å²) in [4.78, 5) is 19.1. The van der Waals surface area contributed by atoms with Crippen LogP contribution >= 0.6 is 11.8 Å². The van der Waals surface area contributed by atoms with Gasteiger partial charge < -0.3 is 10.2 Å². The van der Waals surface area contributed by atoms with Gasteiger partial charge in [0.25, 0.3) is 0 Å². The predicted molar refractivity (Wildman–Crippen MR) is 104 cm³/mol. The summed E-state index contributed by atoms with van der Waals surface area (Å²) in [6.07, 6.45) is 2.83. The van der Waals surface area contributed by atoms with Crippen molar-refractivity contribution in [2.75, 3.05) is 25.4 Å². The molecule has 1 N–H and O–H groups in total. The van der Waals surface area contributed by atoms with Gasteiger partial charge in [-0.2, -0.15) is 0 Å². The molecular weight excluding hydrogens is 330 g/mol. The van der Waals surface area contributed by atoms with Crippen LogP contribution in [0.5, 0.6) is 0 Å². The molecule has 2 aromatic rings. The second-order valence-corrected chi connectivity index (χ2v) is 7.20. The molecule has 5 heteroatoms. The highest BCUT2D eigenvalue weighted by Crippen LogP contribution is 2.24. The Bertz CT molecular complexity index is 675. The maximum absolute atomic E-state index is 12.8. The summed E-state index contributed by atoms with van der Waals surface area (Å²) in [5.41, 5.74) is 3.57. The number of amides is 1. The van der Waals surface area contributed by atoms with Gasteiger partial charge in [0.1, 0.15) is 0 Å². The van der Waals surface area contributed by atoms with Crippen LogP contribution in [0.4, 0.5) is 0 Å². The molecule has 2 heterocycles. The van der Waals surface area contributed by atoms with Crippen molar-refractivity contribution in [2.45, 2.75) is 25.1 Å². The van der Waals surface area contributed by atoms with Gasteiger partial charge in [0, 0.05) is 31.6 Å². The van der Waals surface area contributed by atoms with E-state index in [1.165, 1.54) is 11.1 Å². The molecule has 0 radical (unpaired) electrons. The monoisotopic (exact) mass is 355 g/mol. The molecule has 0 saturated carbocycles. The zero-order valence-electron chi connectivity index (χ0n) is 14.6. The molecule has 1 aliphatic rings. The summed E-state index contributed by atoms with van der Waals surface area (Å²) >= 11 is 1.64. The Hall–Kier alpha value is -1.85. The number of nitrogens with zero attached hydrogens (tertiary/aromatic N) is 2. The Morgan fingerprint density at radius 1 is 1.28 bits per heavy atom. The zero-order valence-corrected chi connectivity index (χ0v) is 15.5. The predicted octanol–water partition coefficient (Wildman–Crippen LogP) is 3.05. The molecule has 1 aliphatic heterocycles. The quantitative estimate of drug-likeness (QED) is 0.865. The van der Waals surface area contributed by atoms with Crippen molar-refractivity contribution in [1.29, 1.82) is 0 Å². The molecule has 0 spiro atoms. The van der Waals surface area contributed by atoms with Crippen molar-refractivity contribution in [3.05, 3.63) is 65.5 Å². The van der Waals surface area contributed by atoms with Gasteiger partial charge in [-0.25, -0.2) is 0 Å². The maximum Gasteiger partial charge on any atom is 0.233 e. The second kappa shape index (κ2) is 9.02. The van der Waals surface area contributed by atoms with Crippen LogP contribution < -0.4 is 5.32 Å². The number of nitrogens with one attached hydrogen (secondary N) is 1. The lowest BCUT2D eigenvalue weighted by Gasteiger charge is -2.36. The number of carbonyl (C=O) groups excluding carboxylic acids is 1. The van der Waals surface area contributed by atoms with Crippen LogP contribution in [0.3, 0.4) is 0 Å². The van der Waals surface area contributed by atoms with Crippen molar-refractivity contribution < 1.29 is 4.79 Å². The summed E-state index contributed by atoms with van der Waals surface area (Å²) in [6, 6.07) is 14.7. The largest absolute Gasteiger partial charge is 0.332 e. The number of thioether (sulfide) groups is 1. The fourth-order valence-corrected chi connectivity index (χ4v) is 3.91. The first-order chi connectivity index (χ1) is 12.3. The van der Waals surface area contributed by atoms with E-state index in [4.69, 9.17) is 0 Å². The number of pyridine rings is 1. The van der Waals surface area contributed by atoms with E-state index < -0.39 is 0 Å². The molecule has 1 unspecified atom stereocenters. The van der Waals surface area contributed by atoms with Crippen LogP contribution in [0.15, 0.2) is 48.7 Å². The smallest absolute Gasteiger partial charge is 0.233 e. The molecule has 4 nitrogen and oxygen atoms in total. The molecule has 1 aromatic carbocycles. The lowest BCUT2D eigenvalue weighted by Crippen LogP contribution is -2.49. The minimum atomic E-state index is 0.127. The third kappa shape index (κ3) is 4.83. The van der Waals surface area contributed by atoms with Gasteiger partial charge in [-0.05, 0) is 29.7 Å². The number of piperazine rings is 1. The number of hydrogen-bond acceptors (Lipinski definition) is 4. The minimum absolute atomic E-state index is 0.127. The van der Waals surface area contributed by atoms with Crippen molar-refractivity contribution in [3.8, 4) is 0 Å². The highest BCUT2D eigenvalue weighted by molar-refractivity contribution is 7.99. The number of rotatable bonds is 6. The van der Waals surface area contributed by atoms with Gasteiger partial charge in [0.05, 0.1) is 17.5 Å². The number of carbonyl (C=O) groups is 1. The van der Waals surface area contributed by atoms with Gasteiger partial charge in [-0.3, -0.25) is 9.78 Å². The topological polar surface area (TPSA) is 45.2 Å².